The van der Waals surface area contributed by atoms with Crippen molar-refractivity contribution in [1.82, 2.24) is 15.1 Å². The Kier molecular flexibility index (Phi) is 6.03. The molecule has 0 spiro atoms. The van der Waals surface area contributed by atoms with Gasteiger partial charge in [0, 0.05) is 32.9 Å². The summed E-state index contributed by atoms with van der Waals surface area (Å²) < 4.78 is 0. The van der Waals surface area contributed by atoms with Gasteiger partial charge in [-0.05, 0) is 31.0 Å². The third-order valence-electron chi connectivity index (χ3n) is 3.72. The van der Waals surface area contributed by atoms with E-state index in [4.69, 9.17) is 11.6 Å². The average molecular weight is 353 g/mol. The van der Waals surface area contributed by atoms with Crippen LogP contribution in [0.5, 0.6) is 0 Å². The number of amides is 4. The van der Waals surface area contributed by atoms with E-state index in [0.717, 1.165) is 25.9 Å². The van der Waals surface area contributed by atoms with Gasteiger partial charge in [-0.25, -0.2) is 4.79 Å². The Morgan fingerprint density at radius 1 is 1.21 bits per heavy atom. The summed E-state index contributed by atoms with van der Waals surface area (Å²) in [5.74, 6) is -0.351. The fourth-order valence-corrected chi connectivity index (χ4v) is 2.62. The smallest absolute Gasteiger partial charge is 0.319 e. The number of nitrogens with zero attached hydrogens (tertiary/aromatic N) is 2. The van der Waals surface area contributed by atoms with Gasteiger partial charge in [0.1, 0.15) is 0 Å². The summed E-state index contributed by atoms with van der Waals surface area (Å²) in [7, 11) is 3.24. The maximum atomic E-state index is 12.0. The number of nitrogens with one attached hydrogen (secondary N) is 2. The predicted octanol–water partition coefficient (Wildman–Crippen LogP) is 1.79. The molecule has 2 N–H and O–H groups in total. The van der Waals surface area contributed by atoms with Gasteiger partial charge in [-0.3, -0.25) is 9.59 Å². The van der Waals surface area contributed by atoms with Crippen molar-refractivity contribution in [2.45, 2.75) is 12.8 Å². The van der Waals surface area contributed by atoms with E-state index in [1.165, 1.54) is 11.0 Å². The van der Waals surface area contributed by atoms with Crippen LogP contribution in [0.15, 0.2) is 18.2 Å². The summed E-state index contributed by atoms with van der Waals surface area (Å²) >= 11 is 6.02. The van der Waals surface area contributed by atoms with Gasteiger partial charge in [0.05, 0.1) is 17.1 Å². The molecule has 1 aliphatic heterocycles. The Balaban J connectivity index is 1.92. The first kappa shape index (κ1) is 18.1. The van der Waals surface area contributed by atoms with Crippen molar-refractivity contribution < 1.29 is 14.4 Å². The average Bonchev–Trinajstić information content (AvgIpc) is 3.08. The van der Waals surface area contributed by atoms with Crippen LogP contribution in [0.25, 0.3) is 0 Å². The van der Waals surface area contributed by atoms with Crippen LogP contribution in [0.1, 0.15) is 23.2 Å². The number of likely N-dealkylation sites (tertiary alicyclic amines) is 1. The molecule has 130 valence electrons. The van der Waals surface area contributed by atoms with Crippen LogP contribution in [0.3, 0.4) is 0 Å². The van der Waals surface area contributed by atoms with Crippen molar-refractivity contribution >= 4 is 35.1 Å². The van der Waals surface area contributed by atoms with E-state index in [1.54, 1.807) is 31.1 Å². The molecule has 4 amide bonds. The summed E-state index contributed by atoms with van der Waals surface area (Å²) in [5, 5.41) is 5.43. The molecule has 2 rings (SSSR count). The van der Waals surface area contributed by atoms with Gasteiger partial charge in [0.2, 0.25) is 5.91 Å². The SMILES string of the molecule is CN(C)C(=O)c1cc(NC(=O)NCC(=O)N2CCCC2)ccc1Cl. The fourth-order valence-electron chi connectivity index (χ4n) is 2.42. The Bertz CT molecular complexity index is 642. The number of carbonyl (C=O) groups excluding carboxylic acids is 3. The Hall–Kier alpha value is -2.28. The minimum atomic E-state index is -0.506. The molecule has 1 fully saturated rings. The topological polar surface area (TPSA) is 81.8 Å². The fraction of sp³-hybridized carbons (Fsp3) is 0.438. The standard InChI is InChI=1S/C16H21ClN4O3/c1-20(2)15(23)12-9-11(5-6-13(12)17)19-16(24)18-10-14(22)21-7-3-4-8-21/h5-6,9H,3-4,7-8,10H2,1-2H3,(H2,18,19,24). The van der Waals surface area contributed by atoms with Gasteiger partial charge in [-0.2, -0.15) is 0 Å². The van der Waals surface area contributed by atoms with E-state index >= 15 is 0 Å². The quantitative estimate of drug-likeness (QED) is 0.866. The van der Waals surface area contributed by atoms with Crippen molar-refractivity contribution in [3.63, 3.8) is 0 Å². The molecule has 0 aromatic heterocycles. The summed E-state index contributed by atoms with van der Waals surface area (Å²) in [5.41, 5.74) is 0.725. The molecule has 0 aliphatic carbocycles. The molecule has 1 aromatic rings. The second-order valence-electron chi connectivity index (χ2n) is 5.79. The molecular formula is C16H21ClN4O3. The van der Waals surface area contributed by atoms with Gasteiger partial charge in [-0.15, -0.1) is 0 Å². The highest BCUT2D eigenvalue weighted by atomic mass is 35.5. The maximum Gasteiger partial charge on any atom is 0.319 e. The second-order valence-corrected chi connectivity index (χ2v) is 6.20. The predicted molar refractivity (Wildman–Crippen MR) is 92.3 cm³/mol. The van der Waals surface area contributed by atoms with Crippen molar-refractivity contribution in [3.05, 3.63) is 28.8 Å². The minimum absolute atomic E-state index is 0.0527. The first-order valence-corrected chi connectivity index (χ1v) is 8.10. The van der Waals surface area contributed by atoms with Crippen molar-refractivity contribution in [3.8, 4) is 0 Å². The number of benzene rings is 1. The van der Waals surface area contributed by atoms with Gasteiger partial charge in [0.25, 0.3) is 5.91 Å². The summed E-state index contributed by atoms with van der Waals surface area (Å²) in [6.07, 6.45) is 2.01. The Morgan fingerprint density at radius 3 is 2.50 bits per heavy atom. The highest BCUT2D eigenvalue weighted by Gasteiger charge is 2.18. The van der Waals surface area contributed by atoms with Crippen molar-refractivity contribution in [2.24, 2.45) is 0 Å². The molecule has 0 unspecified atom stereocenters. The lowest BCUT2D eigenvalue weighted by molar-refractivity contribution is -0.128. The number of urea groups is 1. The Labute approximate surface area is 145 Å². The lowest BCUT2D eigenvalue weighted by Crippen LogP contribution is -2.40. The highest BCUT2D eigenvalue weighted by molar-refractivity contribution is 6.34. The molecule has 0 radical (unpaired) electrons. The molecule has 0 bridgehead atoms. The van der Waals surface area contributed by atoms with Crippen LogP contribution in [0.4, 0.5) is 10.5 Å². The third-order valence-corrected chi connectivity index (χ3v) is 4.05. The third kappa shape index (κ3) is 4.61. The summed E-state index contributed by atoms with van der Waals surface area (Å²) in [6.45, 7) is 1.44. The molecule has 8 heteroatoms. The normalized spacial score (nSPS) is 13.5. The zero-order valence-electron chi connectivity index (χ0n) is 13.8. The molecule has 7 nitrogen and oxygen atoms in total. The van der Waals surface area contributed by atoms with E-state index in [2.05, 4.69) is 10.6 Å². The first-order chi connectivity index (χ1) is 11.4. The number of halogens is 1. The molecule has 1 aromatic carbocycles. The van der Waals surface area contributed by atoms with Gasteiger partial charge in [0.15, 0.2) is 0 Å². The minimum Gasteiger partial charge on any atom is -0.345 e. The maximum absolute atomic E-state index is 12.0. The van der Waals surface area contributed by atoms with Gasteiger partial charge in [-0.1, -0.05) is 11.6 Å². The zero-order chi connectivity index (χ0) is 17.7. The lowest BCUT2D eigenvalue weighted by Gasteiger charge is -2.16. The number of anilines is 1. The monoisotopic (exact) mass is 352 g/mol. The van der Waals surface area contributed by atoms with Crippen LogP contribution in [-0.4, -0.2) is 61.4 Å². The lowest BCUT2D eigenvalue weighted by atomic mass is 10.2. The molecule has 1 saturated heterocycles. The van der Waals surface area contributed by atoms with E-state index in [1.807, 2.05) is 0 Å². The molecular weight excluding hydrogens is 332 g/mol. The first-order valence-electron chi connectivity index (χ1n) is 7.72. The Morgan fingerprint density at radius 2 is 1.88 bits per heavy atom. The van der Waals surface area contributed by atoms with E-state index in [9.17, 15) is 14.4 Å². The van der Waals surface area contributed by atoms with E-state index in [-0.39, 0.29) is 18.4 Å². The number of hydrogen-bond donors (Lipinski definition) is 2. The van der Waals surface area contributed by atoms with Crippen LogP contribution < -0.4 is 10.6 Å². The summed E-state index contributed by atoms with van der Waals surface area (Å²) in [4.78, 5) is 39.0. The molecule has 24 heavy (non-hydrogen) atoms. The number of hydrogen-bond acceptors (Lipinski definition) is 3. The highest BCUT2D eigenvalue weighted by Crippen LogP contribution is 2.21. The molecule has 0 saturated carbocycles. The van der Waals surface area contributed by atoms with Crippen LogP contribution in [-0.2, 0) is 4.79 Å². The summed E-state index contributed by atoms with van der Waals surface area (Å²) in [6, 6.07) is 4.14. The van der Waals surface area contributed by atoms with Crippen LogP contribution >= 0.6 is 11.6 Å². The number of carbonyl (C=O) groups is 3. The molecule has 1 aliphatic rings. The van der Waals surface area contributed by atoms with Crippen LogP contribution in [0.2, 0.25) is 5.02 Å². The largest absolute Gasteiger partial charge is 0.345 e. The van der Waals surface area contributed by atoms with Gasteiger partial charge < -0.3 is 20.4 Å². The van der Waals surface area contributed by atoms with Gasteiger partial charge >= 0.3 is 6.03 Å². The van der Waals surface area contributed by atoms with Crippen molar-refractivity contribution in [2.75, 3.05) is 39.0 Å². The zero-order valence-corrected chi connectivity index (χ0v) is 14.5. The van der Waals surface area contributed by atoms with E-state index < -0.39 is 6.03 Å². The van der Waals surface area contributed by atoms with Crippen LogP contribution in [0, 0.1) is 0 Å². The molecule has 0 atom stereocenters. The number of rotatable bonds is 4. The second kappa shape index (κ2) is 8.01. The van der Waals surface area contributed by atoms with Crippen molar-refractivity contribution in [1.29, 1.82) is 0 Å². The molecule has 1 heterocycles. The van der Waals surface area contributed by atoms with E-state index in [0.29, 0.717) is 16.3 Å².